The maximum atomic E-state index is 14.4. The number of nitrogens with zero attached hydrogens (tertiary/aromatic N) is 4. The summed E-state index contributed by atoms with van der Waals surface area (Å²) in [5.74, 6) is -1.12. The topological polar surface area (TPSA) is 118 Å². The fourth-order valence-corrected chi connectivity index (χ4v) is 7.07. The number of nitrogens with one attached hydrogen (secondary N) is 2. The third-order valence-corrected chi connectivity index (χ3v) is 9.73. The van der Waals surface area contributed by atoms with Crippen LogP contribution in [0.3, 0.4) is 0 Å². The Morgan fingerprint density at radius 2 is 1.59 bits per heavy atom. The number of carbonyl (C=O) groups excluding carboxylic acids is 1. The van der Waals surface area contributed by atoms with Crippen LogP contribution in [0.1, 0.15) is 16.9 Å². The molecule has 0 radical (unpaired) electrons. The lowest BCUT2D eigenvalue weighted by Gasteiger charge is -2.29. The summed E-state index contributed by atoms with van der Waals surface area (Å²) < 4.78 is 50.8. The lowest BCUT2D eigenvalue weighted by Crippen LogP contribution is -2.47. The smallest absolute Gasteiger partial charge is 0.333 e. The van der Waals surface area contributed by atoms with Gasteiger partial charge in [-0.25, -0.2) is 22.3 Å². The van der Waals surface area contributed by atoms with Crippen molar-refractivity contribution in [3.63, 3.8) is 0 Å². The van der Waals surface area contributed by atoms with Crippen molar-refractivity contribution in [3.8, 4) is 16.9 Å². The van der Waals surface area contributed by atoms with Crippen molar-refractivity contribution in [3.05, 3.63) is 101 Å². The van der Waals surface area contributed by atoms with Gasteiger partial charge in [0.1, 0.15) is 16.4 Å². The Balaban J connectivity index is 1.41. The minimum atomic E-state index is -4.12. The van der Waals surface area contributed by atoms with Crippen LogP contribution in [0.15, 0.2) is 88.6 Å². The molecule has 1 aromatic heterocycles. The van der Waals surface area contributed by atoms with E-state index in [0.29, 0.717) is 56.3 Å². The van der Waals surface area contributed by atoms with Gasteiger partial charge in [0.05, 0.1) is 24.6 Å². The zero-order valence-corrected chi connectivity index (χ0v) is 26.2. The Bertz CT molecular complexity index is 1850. The summed E-state index contributed by atoms with van der Waals surface area (Å²) in [4.78, 5) is 32.2. The summed E-state index contributed by atoms with van der Waals surface area (Å²) in [6, 6.07) is 22.2. The molecule has 0 bridgehead atoms. The number of amides is 1. The molecule has 11 nitrogen and oxygen atoms in total. The first-order chi connectivity index (χ1) is 22.3. The maximum Gasteiger partial charge on any atom is 0.333 e. The molecular formula is C33H37FN6O5S. The Morgan fingerprint density at radius 1 is 0.891 bits per heavy atom. The van der Waals surface area contributed by atoms with Gasteiger partial charge in [-0.2, -0.15) is 0 Å². The van der Waals surface area contributed by atoms with Gasteiger partial charge in [-0.15, -0.1) is 0 Å². The van der Waals surface area contributed by atoms with Crippen LogP contribution in [0.2, 0.25) is 0 Å². The van der Waals surface area contributed by atoms with Gasteiger partial charge in [-0.05, 0) is 36.8 Å². The van der Waals surface area contributed by atoms with Crippen LogP contribution >= 0.6 is 0 Å². The van der Waals surface area contributed by atoms with Crippen LogP contribution in [0, 0.1) is 5.82 Å². The number of hydrogen-bond donors (Lipinski definition) is 2. The normalized spacial score (nSPS) is 15.7. The third kappa shape index (κ3) is 6.63. The molecule has 2 aliphatic rings. The monoisotopic (exact) mass is 648 g/mol. The van der Waals surface area contributed by atoms with Crippen molar-refractivity contribution in [2.75, 3.05) is 63.9 Å². The lowest BCUT2D eigenvalue weighted by atomic mass is 10.1. The van der Waals surface area contributed by atoms with Crippen molar-refractivity contribution in [1.29, 1.82) is 0 Å². The van der Waals surface area contributed by atoms with Crippen LogP contribution in [-0.2, 0) is 21.3 Å². The Hall–Kier alpha value is -4.30. The third-order valence-electron chi connectivity index (χ3n) is 8.23. The Kier molecular flexibility index (Phi) is 9.64. The molecule has 4 aromatic rings. The van der Waals surface area contributed by atoms with E-state index in [1.807, 2.05) is 54.6 Å². The first kappa shape index (κ1) is 31.7. The average Bonchev–Trinajstić information content (AvgIpc) is 3.39. The fourth-order valence-electron chi connectivity index (χ4n) is 5.92. The number of imidazole rings is 1. The number of halogens is 1. The van der Waals surface area contributed by atoms with Gasteiger partial charge in [0.2, 0.25) is 10.0 Å². The van der Waals surface area contributed by atoms with Gasteiger partial charge in [0.25, 0.3) is 5.91 Å². The number of ether oxygens (including phenoxy) is 1. The van der Waals surface area contributed by atoms with E-state index in [4.69, 9.17) is 4.74 Å². The number of piperazine rings is 1. The molecule has 0 spiro atoms. The van der Waals surface area contributed by atoms with E-state index in [9.17, 15) is 22.4 Å². The zero-order valence-electron chi connectivity index (χ0n) is 25.4. The molecule has 46 heavy (non-hydrogen) atoms. The standard InChI is InChI=1S/C33H37FN6O5S/c34-28-12-4-5-13-29(28)46(43,44)36-14-7-17-39-31(32(41)38-18-15-35-16-19-38)30(25-8-2-1-3-9-25)40(33(39)42)27-11-6-10-26(24-27)37-20-22-45-23-21-37/h1-6,8-13,24,35-36H,7,14-23H2. The van der Waals surface area contributed by atoms with Gasteiger partial charge < -0.3 is 19.9 Å². The number of sulfonamides is 1. The molecule has 2 N–H and O–H groups in total. The molecule has 3 heterocycles. The van der Waals surface area contributed by atoms with Gasteiger partial charge in [0.15, 0.2) is 0 Å². The highest BCUT2D eigenvalue weighted by atomic mass is 32.2. The second-order valence-corrected chi connectivity index (χ2v) is 12.9. The van der Waals surface area contributed by atoms with Gasteiger partial charge in [-0.3, -0.25) is 13.9 Å². The molecule has 6 rings (SSSR count). The SMILES string of the molecule is O=C(c1c(-c2ccccc2)n(-c2cccc(N3CCOCC3)c2)c(=O)n1CCCNS(=O)(=O)c1ccccc1F)N1CCNCC1. The van der Waals surface area contributed by atoms with Gasteiger partial charge >= 0.3 is 5.69 Å². The summed E-state index contributed by atoms with van der Waals surface area (Å²) in [5, 5.41) is 3.26. The van der Waals surface area contributed by atoms with Crippen molar-refractivity contribution in [2.45, 2.75) is 17.9 Å². The van der Waals surface area contributed by atoms with Crippen LogP contribution < -0.4 is 20.6 Å². The largest absolute Gasteiger partial charge is 0.378 e. The number of aromatic nitrogens is 2. The predicted octanol–water partition coefficient (Wildman–Crippen LogP) is 2.70. The highest BCUT2D eigenvalue weighted by Crippen LogP contribution is 2.29. The second kappa shape index (κ2) is 14.0. The number of carbonyl (C=O) groups is 1. The summed E-state index contributed by atoms with van der Waals surface area (Å²) >= 11 is 0. The summed E-state index contributed by atoms with van der Waals surface area (Å²) in [5.41, 5.74) is 2.56. The van der Waals surface area contributed by atoms with E-state index < -0.39 is 26.4 Å². The van der Waals surface area contributed by atoms with E-state index in [0.717, 1.165) is 24.8 Å². The fraction of sp³-hybridized carbons (Fsp3) is 0.333. The Labute approximate surface area is 267 Å². The van der Waals surface area contributed by atoms with Crippen molar-refractivity contribution in [1.82, 2.24) is 24.1 Å². The molecule has 2 fully saturated rings. The molecule has 1 amide bonds. The van der Waals surface area contributed by atoms with Crippen molar-refractivity contribution in [2.24, 2.45) is 0 Å². The molecule has 0 saturated carbocycles. The van der Waals surface area contributed by atoms with Gasteiger partial charge in [0, 0.05) is 63.6 Å². The number of benzene rings is 3. The quantitative estimate of drug-likeness (QED) is 0.254. The van der Waals surface area contributed by atoms with Crippen LogP contribution in [0.25, 0.3) is 16.9 Å². The van der Waals surface area contributed by atoms with E-state index >= 15 is 0 Å². The van der Waals surface area contributed by atoms with E-state index in [-0.39, 0.29) is 31.1 Å². The Morgan fingerprint density at radius 3 is 2.33 bits per heavy atom. The number of morpholine rings is 1. The molecule has 0 atom stereocenters. The molecule has 0 unspecified atom stereocenters. The first-order valence-corrected chi connectivity index (χ1v) is 16.9. The maximum absolute atomic E-state index is 14.4. The summed E-state index contributed by atoms with van der Waals surface area (Å²) in [6.45, 7) is 4.90. The molecule has 242 valence electrons. The van der Waals surface area contributed by atoms with E-state index in [1.54, 1.807) is 9.47 Å². The number of hydrogen-bond acceptors (Lipinski definition) is 7. The summed E-state index contributed by atoms with van der Waals surface area (Å²) in [6.07, 6.45) is 0.182. The van der Waals surface area contributed by atoms with Crippen molar-refractivity contribution >= 4 is 21.6 Å². The van der Waals surface area contributed by atoms with Crippen LogP contribution in [0.5, 0.6) is 0 Å². The predicted molar refractivity (Wildman–Crippen MR) is 173 cm³/mol. The molecule has 3 aromatic carbocycles. The minimum Gasteiger partial charge on any atom is -0.378 e. The zero-order chi connectivity index (χ0) is 32.1. The molecule has 2 aliphatic heterocycles. The summed E-state index contributed by atoms with van der Waals surface area (Å²) in [7, 11) is -4.12. The second-order valence-electron chi connectivity index (χ2n) is 11.2. The van der Waals surface area contributed by atoms with E-state index in [1.165, 1.54) is 22.8 Å². The highest BCUT2D eigenvalue weighted by Gasteiger charge is 2.31. The average molecular weight is 649 g/mol. The lowest BCUT2D eigenvalue weighted by molar-refractivity contribution is 0.0725. The molecular weight excluding hydrogens is 611 g/mol. The minimum absolute atomic E-state index is 0.0573. The van der Waals surface area contributed by atoms with Gasteiger partial charge in [-0.1, -0.05) is 48.5 Å². The van der Waals surface area contributed by atoms with Crippen LogP contribution in [0.4, 0.5) is 10.1 Å². The first-order valence-electron chi connectivity index (χ1n) is 15.4. The number of rotatable bonds is 10. The molecule has 0 aliphatic carbocycles. The number of anilines is 1. The van der Waals surface area contributed by atoms with Crippen molar-refractivity contribution < 1.29 is 22.3 Å². The van der Waals surface area contributed by atoms with E-state index in [2.05, 4.69) is 14.9 Å². The van der Waals surface area contributed by atoms with Crippen LogP contribution in [-0.4, -0.2) is 87.4 Å². The molecule has 2 saturated heterocycles. The molecule has 13 heteroatoms. The highest BCUT2D eigenvalue weighted by molar-refractivity contribution is 7.89.